The summed E-state index contributed by atoms with van der Waals surface area (Å²) in [5, 5.41) is 14.0. The van der Waals surface area contributed by atoms with E-state index < -0.39 is 0 Å². The number of aromatic nitrogens is 2. The number of ether oxygens (including phenoxy) is 1. The molecule has 0 saturated carbocycles. The number of hydrogen-bond acceptors (Lipinski definition) is 8. The molecule has 1 aromatic heterocycles. The first-order valence-corrected chi connectivity index (χ1v) is 11.0. The number of aryl methyl sites for hydroxylation is 2. The minimum atomic E-state index is -0.284. The summed E-state index contributed by atoms with van der Waals surface area (Å²) in [4.78, 5) is 24.3. The van der Waals surface area contributed by atoms with Gasteiger partial charge in [0.1, 0.15) is 11.4 Å². The maximum Gasteiger partial charge on any atom is 0.276 e. The molecule has 1 saturated heterocycles. The zero-order valence-electron chi connectivity index (χ0n) is 19.5. The molecule has 2 aromatic rings. The van der Waals surface area contributed by atoms with Gasteiger partial charge in [0.15, 0.2) is 0 Å². The number of benzene rings is 1. The van der Waals surface area contributed by atoms with Gasteiger partial charge in [0.2, 0.25) is 5.95 Å². The van der Waals surface area contributed by atoms with E-state index in [-0.39, 0.29) is 11.7 Å². The molecule has 1 aromatic carbocycles. The molecule has 0 bridgehead atoms. The Balaban J connectivity index is 1.57. The van der Waals surface area contributed by atoms with Gasteiger partial charge in [-0.25, -0.2) is 4.98 Å². The average molecular weight is 442 g/mol. The predicted octanol–water partition coefficient (Wildman–Crippen LogP) is 1.67. The Morgan fingerprint density at radius 1 is 1.31 bits per heavy atom. The van der Waals surface area contributed by atoms with Gasteiger partial charge in [-0.3, -0.25) is 14.7 Å². The first-order chi connectivity index (χ1) is 15.4. The molecule has 2 heterocycles. The van der Waals surface area contributed by atoms with E-state index in [1.54, 1.807) is 0 Å². The zero-order valence-corrected chi connectivity index (χ0v) is 19.5. The number of anilines is 2. The van der Waals surface area contributed by atoms with Crippen molar-refractivity contribution in [2.45, 2.75) is 26.5 Å². The summed E-state index contributed by atoms with van der Waals surface area (Å²) in [6.45, 7) is 9.43. The fraction of sp³-hybridized carbons (Fsp3) is 0.522. The van der Waals surface area contributed by atoms with Crippen molar-refractivity contribution in [2.75, 3.05) is 64.1 Å². The van der Waals surface area contributed by atoms with Crippen LogP contribution in [0.25, 0.3) is 0 Å². The highest BCUT2D eigenvalue weighted by atomic mass is 16.5. The Morgan fingerprint density at radius 3 is 2.84 bits per heavy atom. The highest BCUT2D eigenvalue weighted by molar-refractivity contribution is 5.83. The Bertz CT molecular complexity index is 973. The molecule has 0 spiro atoms. The van der Waals surface area contributed by atoms with Gasteiger partial charge in [0, 0.05) is 45.5 Å². The van der Waals surface area contributed by atoms with E-state index in [9.17, 15) is 4.79 Å². The van der Waals surface area contributed by atoms with E-state index >= 15 is 0 Å². The van der Waals surface area contributed by atoms with Crippen molar-refractivity contribution in [1.29, 1.82) is 5.41 Å². The monoisotopic (exact) mass is 441 g/mol. The quantitative estimate of drug-likeness (QED) is 0.415. The van der Waals surface area contributed by atoms with Crippen LogP contribution in [0, 0.1) is 19.3 Å². The third-order valence-corrected chi connectivity index (χ3v) is 5.64. The van der Waals surface area contributed by atoms with Crippen LogP contribution in [0.1, 0.15) is 22.4 Å². The standard InChI is InChI=1S/C23H35N7O2/c1-16-5-6-18(11-17(16)2)13-26-23-27-20(12-24)21(22(31)28-23)25-7-8-30-9-10-32-19(15-30)14-29(3)4/h5-6,11-12,19,24-25H,7-10,13-15H2,1-4H3,(H2,26,27,28,31). The van der Waals surface area contributed by atoms with Crippen molar-refractivity contribution in [3.05, 3.63) is 50.9 Å². The van der Waals surface area contributed by atoms with Gasteiger partial charge in [-0.2, -0.15) is 0 Å². The first kappa shape index (κ1) is 23.9. The van der Waals surface area contributed by atoms with Gasteiger partial charge in [0.25, 0.3) is 5.56 Å². The molecule has 3 rings (SSSR count). The normalized spacial score (nSPS) is 16.8. The van der Waals surface area contributed by atoms with E-state index in [1.807, 2.05) is 14.1 Å². The summed E-state index contributed by atoms with van der Waals surface area (Å²) < 4.78 is 5.81. The molecule has 0 radical (unpaired) electrons. The van der Waals surface area contributed by atoms with Gasteiger partial charge in [-0.15, -0.1) is 0 Å². The van der Waals surface area contributed by atoms with Crippen molar-refractivity contribution in [1.82, 2.24) is 19.8 Å². The van der Waals surface area contributed by atoms with E-state index in [2.05, 4.69) is 62.4 Å². The van der Waals surface area contributed by atoms with Crippen molar-refractivity contribution in [3.63, 3.8) is 0 Å². The highest BCUT2D eigenvalue weighted by Gasteiger charge is 2.20. The largest absolute Gasteiger partial charge is 0.377 e. The van der Waals surface area contributed by atoms with Crippen molar-refractivity contribution < 1.29 is 4.74 Å². The molecule has 32 heavy (non-hydrogen) atoms. The third kappa shape index (κ3) is 6.62. The third-order valence-electron chi connectivity index (χ3n) is 5.64. The molecule has 174 valence electrons. The lowest BCUT2D eigenvalue weighted by atomic mass is 10.1. The van der Waals surface area contributed by atoms with Crippen molar-refractivity contribution >= 4 is 17.9 Å². The second kappa shape index (κ2) is 11.2. The van der Waals surface area contributed by atoms with Crippen LogP contribution in [0.4, 0.5) is 11.6 Å². The molecule has 4 N–H and O–H groups in total. The summed E-state index contributed by atoms with van der Waals surface area (Å²) in [7, 11) is 4.09. The van der Waals surface area contributed by atoms with Crippen LogP contribution < -0.4 is 16.2 Å². The molecule has 9 nitrogen and oxygen atoms in total. The van der Waals surface area contributed by atoms with Crippen LogP contribution in [-0.2, 0) is 11.3 Å². The SMILES string of the molecule is Cc1ccc(CNc2nc(C=N)c(NCCN3CCOC(CN(C)C)C3)c(=O)[nH]2)cc1C. The highest BCUT2D eigenvalue weighted by Crippen LogP contribution is 2.12. The van der Waals surface area contributed by atoms with Crippen molar-refractivity contribution in [3.8, 4) is 0 Å². The van der Waals surface area contributed by atoms with Crippen molar-refractivity contribution in [2.24, 2.45) is 0 Å². The van der Waals surface area contributed by atoms with E-state index in [0.717, 1.165) is 38.0 Å². The molecule has 1 fully saturated rings. The molecule has 1 atom stereocenters. The van der Waals surface area contributed by atoms with Crippen LogP contribution >= 0.6 is 0 Å². The summed E-state index contributed by atoms with van der Waals surface area (Å²) in [5.74, 6) is 0.358. The molecule has 0 aliphatic carbocycles. The van der Waals surface area contributed by atoms with Gasteiger partial charge in [0.05, 0.1) is 12.7 Å². The lowest BCUT2D eigenvalue weighted by Gasteiger charge is -2.34. The topological polar surface area (TPSA) is 109 Å². The summed E-state index contributed by atoms with van der Waals surface area (Å²) >= 11 is 0. The maximum atomic E-state index is 12.6. The summed E-state index contributed by atoms with van der Waals surface area (Å²) in [6.07, 6.45) is 1.31. The van der Waals surface area contributed by atoms with E-state index in [0.29, 0.717) is 37.0 Å². The predicted molar refractivity (Wildman–Crippen MR) is 129 cm³/mol. The molecule has 1 aliphatic rings. The summed E-state index contributed by atoms with van der Waals surface area (Å²) in [6, 6.07) is 6.24. The van der Waals surface area contributed by atoms with E-state index in [1.165, 1.54) is 11.1 Å². The Morgan fingerprint density at radius 2 is 2.12 bits per heavy atom. The van der Waals surface area contributed by atoms with Crippen LogP contribution in [0.5, 0.6) is 0 Å². The molecule has 0 amide bonds. The Hall–Kier alpha value is -2.75. The van der Waals surface area contributed by atoms with Crippen LogP contribution in [-0.4, -0.2) is 85.5 Å². The number of nitrogens with zero attached hydrogens (tertiary/aromatic N) is 3. The molecular weight excluding hydrogens is 406 g/mol. The maximum absolute atomic E-state index is 12.6. The number of morpholine rings is 1. The molecule has 1 unspecified atom stereocenters. The Labute approximate surface area is 189 Å². The molecular formula is C23H35N7O2. The zero-order chi connectivity index (χ0) is 23.1. The minimum absolute atomic E-state index is 0.198. The Kier molecular flexibility index (Phi) is 8.38. The smallest absolute Gasteiger partial charge is 0.276 e. The van der Waals surface area contributed by atoms with Crippen LogP contribution in [0.15, 0.2) is 23.0 Å². The molecule has 9 heteroatoms. The number of hydrogen-bond donors (Lipinski definition) is 4. The lowest BCUT2D eigenvalue weighted by Crippen LogP contribution is -2.47. The van der Waals surface area contributed by atoms with Gasteiger partial charge in [-0.05, 0) is 44.6 Å². The number of aromatic amines is 1. The van der Waals surface area contributed by atoms with Gasteiger partial charge < -0.3 is 25.7 Å². The van der Waals surface area contributed by atoms with Crippen LogP contribution in [0.2, 0.25) is 0 Å². The fourth-order valence-corrected chi connectivity index (χ4v) is 3.79. The number of H-pyrrole nitrogens is 1. The van der Waals surface area contributed by atoms with Gasteiger partial charge in [-0.1, -0.05) is 18.2 Å². The number of nitrogens with one attached hydrogen (secondary N) is 4. The summed E-state index contributed by atoms with van der Waals surface area (Å²) in [5.41, 5.74) is 3.94. The van der Waals surface area contributed by atoms with E-state index in [4.69, 9.17) is 10.1 Å². The lowest BCUT2D eigenvalue weighted by molar-refractivity contribution is -0.0367. The second-order valence-electron chi connectivity index (χ2n) is 8.57. The minimum Gasteiger partial charge on any atom is -0.377 e. The average Bonchev–Trinajstić information content (AvgIpc) is 2.75. The molecule has 1 aliphatic heterocycles. The number of likely N-dealkylation sites (N-methyl/N-ethyl adjacent to an activating group) is 1. The number of rotatable bonds is 10. The van der Waals surface area contributed by atoms with Gasteiger partial charge >= 0.3 is 0 Å². The fourth-order valence-electron chi connectivity index (χ4n) is 3.79. The van der Waals surface area contributed by atoms with Crippen LogP contribution in [0.3, 0.4) is 0 Å². The first-order valence-electron chi connectivity index (χ1n) is 11.0. The second-order valence-corrected chi connectivity index (χ2v) is 8.57.